The molecule has 0 spiro atoms. The molecule has 0 aliphatic carbocycles. The number of ether oxygens (including phenoxy) is 1. The SMILES string of the molecule is CC1C(=O)NCCN1CCCOc1ccc(CN)cc1. The molecule has 1 aromatic rings. The summed E-state index contributed by atoms with van der Waals surface area (Å²) < 4.78 is 5.69. The molecule has 1 atom stereocenters. The van der Waals surface area contributed by atoms with Gasteiger partial charge in [0, 0.05) is 26.2 Å². The lowest BCUT2D eigenvalue weighted by Gasteiger charge is -2.32. The number of rotatable bonds is 6. The van der Waals surface area contributed by atoms with Crippen molar-refractivity contribution in [1.29, 1.82) is 0 Å². The number of benzene rings is 1. The first kappa shape index (κ1) is 14.8. The molecule has 1 aromatic carbocycles. The molecule has 20 heavy (non-hydrogen) atoms. The van der Waals surface area contributed by atoms with Crippen molar-refractivity contribution in [2.45, 2.75) is 25.9 Å². The molecule has 1 fully saturated rings. The zero-order valence-corrected chi connectivity index (χ0v) is 12.0. The molecule has 2 rings (SSSR count). The van der Waals surface area contributed by atoms with Crippen LogP contribution in [0.15, 0.2) is 24.3 Å². The highest BCUT2D eigenvalue weighted by Crippen LogP contribution is 2.12. The smallest absolute Gasteiger partial charge is 0.237 e. The maximum atomic E-state index is 11.5. The predicted molar refractivity (Wildman–Crippen MR) is 78.5 cm³/mol. The summed E-state index contributed by atoms with van der Waals surface area (Å²) in [5.74, 6) is 0.987. The van der Waals surface area contributed by atoms with Crippen LogP contribution in [0.2, 0.25) is 0 Å². The first-order valence-corrected chi connectivity index (χ1v) is 7.14. The molecular weight excluding hydrogens is 254 g/mol. The van der Waals surface area contributed by atoms with Crippen LogP contribution in [-0.2, 0) is 11.3 Å². The van der Waals surface area contributed by atoms with E-state index in [1.165, 1.54) is 0 Å². The standard InChI is InChI=1S/C15H23N3O2/c1-12-15(19)17-7-9-18(12)8-2-10-20-14-5-3-13(11-16)4-6-14/h3-6,12H,2,7-11,16H2,1H3,(H,17,19). The van der Waals surface area contributed by atoms with Crippen molar-refractivity contribution < 1.29 is 9.53 Å². The van der Waals surface area contributed by atoms with Gasteiger partial charge in [-0.3, -0.25) is 9.69 Å². The van der Waals surface area contributed by atoms with E-state index in [-0.39, 0.29) is 11.9 Å². The monoisotopic (exact) mass is 277 g/mol. The third kappa shape index (κ3) is 3.95. The van der Waals surface area contributed by atoms with E-state index >= 15 is 0 Å². The van der Waals surface area contributed by atoms with E-state index < -0.39 is 0 Å². The van der Waals surface area contributed by atoms with Gasteiger partial charge in [-0.2, -0.15) is 0 Å². The Balaban J connectivity index is 1.69. The fraction of sp³-hybridized carbons (Fsp3) is 0.533. The van der Waals surface area contributed by atoms with E-state index in [0.29, 0.717) is 13.2 Å². The van der Waals surface area contributed by atoms with Gasteiger partial charge in [-0.25, -0.2) is 0 Å². The van der Waals surface area contributed by atoms with Crippen LogP contribution in [0.3, 0.4) is 0 Å². The Labute approximate surface area is 120 Å². The molecular formula is C15H23N3O2. The Hall–Kier alpha value is -1.59. The number of nitrogens with zero attached hydrogens (tertiary/aromatic N) is 1. The second-order valence-electron chi connectivity index (χ2n) is 5.05. The van der Waals surface area contributed by atoms with Gasteiger partial charge in [-0.05, 0) is 31.0 Å². The minimum absolute atomic E-state index is 0.0346. The molecule has 0 saturated carbocycles. The van der Waals surface area contributed by atoms with Crippen LogP contribution in [0, 0.1) is 0 Å². The van der Waals surface area contributed by atoms with Gasteiger partial charge in [0.15, 0.2) is 0 Å². The van der Waals surface area contributed by atoms with E-state index in [4.69, 9.17) is 10.5 Å². The summed E-state index contributed by atoms with van der Waals surface area (Å²) in [7, 11) is 0. The Kier molecular flexibility index (Phi) is 5.38. The number of hydrogen-bond acceptors (Lipinski definition) is 4. The Morgan fingerprint density at radius 2 is 2.15 bits per heavy atom. The lowest BCUT2D eigenvalue weighted by molar-refractivity contribution is -0.128. The summed E-state index contributed by atoms with van der Waals surface area (Å²) in [6, 6.07) is 7.81. The summed E-state index contributed by atoms with van der Waals surface area (Å²) in [4.78, 5) is 13.7. The molecule has 1 aliphatic rings. The summed E-state index contributed by atoms with van der Waals surface area (Å²) >= 11 is 0. The fourth-order valence-corrected chi connectivity index (χ4v) is 2.31. The number of amides is 1. The second-order valence-corrected chi connectivity index (χ2v) is 5.05. The molecule has 5 nitrogen and oxygen atoms in total. The first-order valence-electron chi connectivity index (χ1n) is 7.14. The van der Waals surface area contributed by atoms with Gasteiger partial charge >= 0.3 is 0 Å². The zero-order valence-electron chi connectivity index (χ0n) is 12.0. The highest BCUT2D eigenvalue weighted by atomic mass is 16.5. The van der Waals surface area contributed by atoms with Crippen molar-refractivity contribution in [3.8, 4) is 5.75 Å². The van der Waals surface area contributed by atoms with E-state index in [1.807, 2.05) is 31.2 Å². The van der Waals surface area contributed by atoms with Crippen molar-refractivity contribution >= 4 is 5.91 Å². The minimum atomic E-state index is -0.0346. The maximum Gasteiger partial charge on any atom is 0.237 e. The molecule has 5 heteroatoms. The largest absolute Gasteiger partial charge is 0.494 e. The lowest BCUT2D eigenvalue weighted by atomic mass is 10.2. The molecule has 1 saturated heterocycles. The quantitative estimate of drug-likeness (QED) is 0.752. The number of carbonyl (C=O) groups excluding carboxylic acids is 1. The van der Waals surface area contributed by atoms with Crippen molar-refractivity contribution in [3.05, 3.63) is 29.8 Å². The van der Waals surface area contributed by atoms with Gasteiger partial charge in [0.1, 0.15) is 5.75 Å². The van der Waals surface area contributed by atoms with Crippen molar-refractivity contribution in [2.75, 3.05) is 26.2 Å². The summed E-state index contributed by atoms with van der Waals surface area (Å²) in [5, 5.41) is 2.87. The second kappa shape index (κ2) is 7.26. The number of nitrogens with one attached hydrogen (secondary N) is 1. The molecule has 1 unspecified atom stereocenters. The Bertz CT molecular complexity index is 433. The molecule has 1 amide bonds. The molecule has 1 aliphatic heterocycles. The summed E-state index contributed by atoms with van der Waals surface area (Å²) in [6.07, 6.45) is 0.913. The van der Waals surface area contributed by atoms with E-state index in [1.54, 1.807) is 0 Å². The van der Waals surface area contributed by atoms with Crippen LogP contribution in [-0.4, -0.2) is 43.1 Å². The average molecular weight is 277 g/mol. The highest BCUT2D eigenvalue weighted by molar-refractivity contribution is 5.81. The summed E-state index contributed by atoms with van der Waals surface area (Å²) in [6.45, 7) is 5.70. The predicted octanol–water partition coefficient (Wildman–Crippen LogP) is 0.735. The van der Waals surface area contributed by atoms with Gasteiger partial charge in [0.05, 0.1) is 12.6 Å². The van der Waals surface area contributed by atoms with Crippen molar-refractivity contribution in [1.82, 2.24) is 10.2 Å². The summed E-state index contributed by atoms with van der Waals surface area (Å²) in [5.41, 5.74) is 6.65. The fourth-order valence-electron chi connectivity index (χ4n) is 2.31. The van der Waals surface area contributed by atoms with Gasteiger partial charge in [-0.1, -0.05) is 12.1 Å². The number of piperazine rings is 1. The number of carbonyl (C=O) groups is 1. The maximum absolute atomic E-state index is 11.5. The minimum Gasteiger partial charge on any atom is -0.494 e. The van der Waals surface area contributed by atoms with Gasteiger partial charge < -0.3 is 15.8 Å². The third-order valence-corrected chi connectivity index (χ3v) is 3.64. The van der Waals surface area contributed by atoms with Crippen LogP contribution >= 0.6 is 0 Å². The van der Waals surface area contributed by atoms with Gasteiger partial charge in [0.25, 0.3) is 0 Å². The average Bonchev–Trinajstić information content (AvgIpc) is 2.48. The molecule has 3 N–H and O–H groups in total. The third-order valence-electron chi connectivity index (χ3n) is 3.64. The van der Waals surface area contributed by atoms with Crippen LogP contribution in [0.25, 0.3) is 0 Å². The normalized spacial score (nSPS) is 19.7. The zero-order chi connectivity index (χ0) is 14.4. The Morgan fingerprint density at radius 3 is 2.85 bits per heavy atom. The van der Waals surface area contributed by atoms with Crippen LogP contribution in [0.1, 0.15) is 18.9 Å². The van der Waals surface area contributed by atoms with Crippen LogP contribution in [0.4, 0.5) is 0 Å². The highest BCUT2D eigenvalue weighted by Gasteiger charge is 2.24. The van der Waals surface area contributed by atoms with E-state index in [2.05, 4.69) is 10.2 Å². The Morgan fingerprint density at radius 1 is 1.40 bits per heavy atom. The van der Waals surface area contributed by atoms with Gasteiger partial charge in [-0.15, -0.1) is 0 Å². The van der Waals surface area contributed by atoms with E-state index in [9.17, 15) is 4.79 Å². The first-order chi connectivity index (χ1) is 9.70. The molecule has 0 aromatic heterocycles. The van der Waals surface area contributed by atoms with E-state index in [0.717, 1.165) is 37.4 Å². The van der Waals surface area contributed by atoms with Crippen molar-refractivity contribution in [3.63, 3.8) is 0 Å². The topological polar surface area (TPSA) is 67.6 Å². The van der Waals surface area contributed by atoms with Gasteiger partial charge in [0.2, 0.25) is 5.91 Å². The lowest BCUT2D eigenvalue weighted by Crippen LogP contribution is -2.54. The molecule has 0 radical (unpaired) electrons. The van der Waals surface area contributed by atoms with Crippen LogP contribution in [0.5, 0.6) is 5.75 Å². The number of nitrogens with two attached hydrogens (primary N) is 1. The molecule has 0 bridgehead atoms. The molecule has 1 heterocycles. The van der Waals surface area contributed by atoms with Crippen LogP contribution < -0.4 is 15.8 Å². The van der Waals surface area contributed by atoms with Crippen molar-refractivity contribution in [2.24, 2.45) is 5.73 Å². The number of hydrogen-bond donors (Lipinski definition) is 2. The molecule has 110 valence electrons.